The summed E-state index contributed by atoms with van der Waals surface area (Å²) < 4.78 is 11.0. The van der Waals surface area contributed by atoms with E-state index in [0.29, 0.717) is 0 Å². The predicted molar refractivity (Wildman–Crippen MR) is 71.6 cm³/mol. The van der Waals surface area contributed by atoms with Crippen molar-refractivity contribution in [3.63, 3.8) is 0 Å². The molecular formula is C15H18O4. The van der Waals surface area contributed by atoms with Crippen LogP contribution < -0.4 is 9.47 Å². The lowest BCUT2D eigenvalue weighted by Crippen LogP contribution is -2.21. The van der Waals surface area contributed by atoms with Crippen LogP contribution in [0.5, 0.6) is 11.5 Å². The van der Waals surface area contributed by atoms with Gasteiger partial charge in [-0.05, 0) is 37.8 Å². The zero-order valence-corrected chi connectivity index (χ0v) is 11.0. The largest absolute Gasteiger partial charge is 0.497 e. The first kappa shape index (κ1) is 13.5. The predicted octanol–water partition coefficient (Wildman–Crippen LogP) is 3.03. The van der Waals surface area contributed by atoms with Crippen molar-refractivity contribution >= 4 is 5.97 Å². The third-order valence-electron chi connectivity index (χ3n) is 3.25. The van der Waals surface area contributed by atoms with Crippen molar-refractivity contribution in [1.29, 1.82) is 0 Å². The molecule has 1 aliphatic carbocycles. The molecular weight excluding hydrogens is 244 g/mol. The Balaban J connectivity index is 1.90. The van der Waals surface area contributed by atoms with Gasteiger partial charge < -0.3 is 14.6 Å². The maximum Gasteiger partial charge on any atom is 0.328 e. The number of aliphatic carboxylic acids is 1. The van der Waals surface area contributed by atoms with Crippen LogP contribution in [-0.4, -0.2) is 24.3 Å². The third kappa shape index (κ3) is 4.02. The van der Waals surface area contributed by atoms with Crippen LogP contribution in [0.1, 0.15) is 25.7 Å². The van der Waals surface area contributed by atoms with E-state index in [9.17, 15) is 4.79 Å². The second-order valence-electron chi connectivity index (χ2n) is 4.64. The number of benzene rings is 1. The standard InChI is InChI=1S/C15H18O4/c1-18-13-3-2-4-14(10-13)19-12-7-5-11(6-8-12)9-15(16)17/h2-4,9-10,12H,5-8H2,1H3,(H,16,17). The van der Waals surface area contributed by atoms with E-state index >= 15 is 0 Å². The molecule has 0 saturated heterocycles. The first-order valence-corrected chi connectivity index (χ1v) is 6.40. The number of hydrogen-bond acceptors (Lipinski definition) is 3. The molecule has 1 aliphatic rings. The molecule has 0 bridgehead atoms. The van der Waals surface area contributed by atoms with Gasteiger partial charge in [0, 0.05) is 12.1 Å². The highest BCUT2D eigenvalue weighted by atomic mass is 16.5. The number of hydrogen-bond donors (Lipinski definition) is 1. The van der Waals surface area contributed by atoms with Gasteiger partial charge in [-0.1, -0.05) is 11.6 Å². The van der Waals surface area contributed by atoms with Crippen LogP contribution >= 0.6 is 0 Å². The molecule has 1 saturated carbocycles. The number of methoxy groups -OCH3 is 1. The summed E-state index contributed by atoms with van der Waals surface area (Å²) in [6.07, 6.45) is 4.77. The molecule has 0 unspecified atom stereocenters. The monoisotopic (exact) mass is 262 g/mol. The number of allylic oxidation sites excluding steroid dienone is 1. The smallest absolute Gasteiger partial charge is 0.328 e. The summed E-state index contributed by atoms with van der Waals surface area (Å²) in [6.45, 7) is 0. The summed E-state index contributed by atoms with van der Waals surface area (Å²) in [5.74, 6) is 0.719. The Morgan fingerprint density at radius 2 is 2.00 bits per heavy atom. The molecule has 0 heterocycles. The zero-order valence-electron chi connectivity index (χ0n) is 11.0. The minimum atomic E-state index is -0.859. The lowest BCUT2D eigenvalue weighted by atomic mass is 9.92. The Labute approximate surface area is 112 Å². The molecule has 1 fully saturated rings. The molecule has 0 spiro atoms. The Hall–Kier alpha value is -1.97. The van der Waals surface area contributed by atoms with Crippen molar-refractivity contribution in [2.45, 2.75) is 31.8 Å². The topological polar surface area (TPSA) is 55.8 Å². The maximum absolute atomic E-state index is 10.6. The Morgan fingerprint density at radius 3 is 2.63 bits per heavy atom. The average molecular weight is 262 g/mol. The van der Waals surface area contributed by atoms with E-state index in [1.807, 2.05) is 24.3 Å². The molecule has 0 atom stereocenters. The fraction of sp³-hybridized carbons (Fsp3) is 0.400. The van der Waals surface area contributed by atoms with Crippen LogP contribution in [0.15, 0.2) is 35.9 Å². The van der Waals surface area contributed by atoms with Crippen molar-refractivity contribution in [2.24, 2.45) is 0 Å². The minimum absolute atomic E-state index is 0.151. The van der Waals surface area contributed by atoms with E-state index in [-0.39, 0.29) is 6.10 Å². The van der Waals surface area contributed by atoms with Crippen molar-refractivity contribution in [1.82, 2.24) is 0 Å². The molecule has 0 radical (unpaired) electrons. The molecule has 1 N–H and O–H groups in total. The molecule has 4 heteroatoms. The SMILES string of the molecule is COc1cccc(OC2CCC(=CC(=O)O)CC2)c1. The third-order valence-corrected chi connectivity index (χ3v) is 3.25. The molecule has 1 aromatic carbocycles. The van der Waals surface area contributed by atoms with Gasteiger partial charge in [-0.25, -0.2) is 4.79 Å². The van der Waals surface area contributed by atoms with Crippen molar-refractivity contribution < 1.29 is 19.4 Å². The molecule has 4 nitrogen and oxygen atoms in total. The average Bonchev–Trinajstić information content (AvgIpc) is 2.41. The van der Waals surface area contributed by atoms with Gasteiger partial charge in [0.2, 0.25) is 0 Å². The molecule has 0 aromatic heterocycles. The lowest BCUT2D eigenvalue weighted by molar-refractivity contribution is -0.131. The van der Waals surface area contributed by atoms with Crippen molar-refractivity contribution in [3.8, 4) is 11.5 Å². The molecule has 1 aromatic rings. The minimum Gasteiger partial charge on any atom is -0.497 e. The van der Waals surface area contributed by atoms with Gasteiger partial charge in [0.25, 0.3) is 0 Å². The van der Waals surface area contributed by atoms with Crippen LogP contribution in [-0.2, 0) is 4.79 Å². The summed E-state index contributed by atoms with van der Waals surface area (Å²) in [7, 11) is 1.63. The zero-order chi connectivity index (χ0) is 13.7. The number of ether oxygens (including phenoxy) is 2. The highest BCUT2D eigenvalue weighted by molar-refractivity contribution is 5.80. The first-order valence-electron chi connectivity index (χ1n) is 6.40. The number of carboxylic acids is 1. The Bertz CT molecular complexity index is 469. The first-order chi connectivity index (χ1) is 9.17. The molecule has 0 amide bonds. The van der Waals surface area contributed by atoms with E-state index in [0.717, 1.165) is 42.8 Å². The second-order valence-corrected chi connectivity index (χ2v) is 4.64. The van der Waals surface area contributed by atoms with Gasteiger partial charge in [0.15, 0.2) is 0 Å². The molecule has 102 valence electrons. The molecule has 0 aliphatic heterocycles. The fourth-order valence-corrected chi connectivity index (χ4v) is 2.27. The van der Waals surface area contributed by atoms with Gasteiger partial charge in [-0.3, -0.25) is 0 Å². The van der Waals surface area contributed by atoms with Gasteiger partial charge in [0.05, 0.1) is 13.2 Å². The van der Waals surface area contributed by atoms with Gasteiger partial charge >= 0.3 is 5.97 Å². The quantitative estimate of drug-likeness (QED) is 0.847. The van der Waals surface area contributed by atoms with Crippen molar-refractivity contribution in [2.75, 3.05) is 7.11 Å². The maximum atomic E-state index is 10.6. The number of carbonyl (C=O) groups is 1. The van der Waals surface area contributed by atoms with E-state index in [1.165, 1.54) is 6.08 Å². The fourth-order valence-electron chi connectivity index (χ4n) is 2.27. The summed E-state index contributed by atoms with van der Waals surface area (Å²) >= 11 is 0. The summed E-state index contributed by atoms with van der Waals surface area (Å²) in [6, 6.07) is 7.54. The van der Waals surface area contributed by atoms with E-state index in [2.05, 4.69) is 0 Å². The van der Waals surface area contributed by atoms with Crippen LogP contribution in [0.3, 0.4) is 0 Å². The summed E-state index contributed by atoms with van der Waals surface area (Å²) in [5.41, 5.74) is 0.998. The van der Waals surface area contributed by atoms with Crippen LogP contribution in [0.4, 0.5) is 0 Å². The van der Waals surface area contributed by atoms with Crippen LogP contribution in [0, 0.1) is 0 Å². The second kappa shape index (κ2) is 6.27. The van der Waals surface area contributed by atoms with Crippen LogP contribution in [0.25, 0.3) is 0 Å². The number of rotatable bonds is 4. The van der Waals surface area contributed by atoms with Gasteiger partial charge in [0.1, 0.15) is 11.5 Å². The number of carboxylic acid groups (broad SMARTS) is 1. The van der Waals surface area contributed by atoms with Crippen LogP contribution in [0.2, 0.25) is 0 Å². The van der Waals surface area contributed by atoms with Gasteiger partial charge in [-0.2, -0.15) is 0 Å². The Morgan fingerprint density at radius 1 is 1.32 bits per heavy atom. The highest BCUT2D eigenvalue weighted by Crippen LogP contribution is 2.28. The summed E-state index contributed by atoms with van der Waals surface area (Å²) in [4.78, 5) is 10.6. The van der Waals surface area contributed by atoms with E-state index < -0.39 is 5.97 Å². The van der Waals surface area contributed by atoms with Gasteiger partial charge in [-0.15, -0.1) is 0 Å². The van der Waals surface area contributed by atoms with E-state index in [4.69, 9.17) is 14.6 Å². The molecule has 2 rings (SSSR count). The highest BCUT2D eigenvalue weighted by Gasteiger charge is 2.18. The molecule has 19 heavy (non-hydrogen) atoms. The lowest BCUT2D eigenvalue weighted by Gasteiger charge is -2.24. The summed E-state index contributed by atoms with van der Waals surface area (Å²) in [5, 5.41) is 8.70. The van der Waals surface area contributed by atoms with Crippen molar-refractivity contribution in [3.05, 3.63) is 35.9 Å². The normalized spacial score (nSPS) is 18.8. The van der Waals surface area contributed by atoms with E-state index in [1.54, 1.807) is 7.11 Å². The Kier molecular flexibility index (Phi) is 4.44.